The topological polar surface area (TPSA) is 56.8 Å². The first-order valence-corrected chi connectivity index (χ1v) is 12.0. The highest BCUT2D eigenvalue weighted by molar-refractivity contribution is 5.94. The maximum atomic E-state index is 13.1. The number of halogens is 1. The Kier molecular flexibility index (Phi) is 7.57. The smallest absolute Gasteiger partial charge is 0.319 e. The fourth-order valence-corrected chi connectivity index (χ4v) is 5.08. The van der Waals surface area contributed by atoms with Crippen LogP contribution >= 0.6 is 0 Å². The summed E-state index contributed by atoms with van der Waals surface area (Å²) in [6.07, 6.45) is 6.58. The highest BCUT2D eigenvalue weighted by Gasteiger charge is 2.32. The van der Waals surface area contributed by atoms with Gasteiger partial charge in [-0.25, -0.2) is 9.18 Å². The van der Waals surface area contributed by atoms with Crippen molar-refractivity contribution in [2.75, 3.05) is 39.8 Å². The summed E-state index contributed by atoms with van der Waals surface area (Å²) in [5.74, 6) is 0.870. The van der Waals surface area contributed by atoms with E-state index in [0.717, 1.165) is 64.0 Å². The number of urea groups is 1. The van der Waals surface area contributed by atoms with Gasteiger partial charge in [0.1, 0.15) is 5.82 Å². The zero-order valence-corrected chi connectivity index (χ0v) is 19.3. The fraction of sp³-hybridized carbons (Fsp3) is 0.500. The van der Waals surface area contributed by atoms with Crippen molar-refractivity contribution in [2.24, 2.45) is 11.8 Å². The summed E-state index contributed by atoms with van der Waals surface area (Å²) in [5.41, 5.74) is 1.55. The van der Waals surface area contributed by atoms with Gasteiger partial charge in [-0.15, -0.1) is 0 Å². The number of likely N-dealkylation sites (tertiary alicyclic amines) is 2. The molecule has 1 aromatic carbocycles. The minimum absolute atomic E-state index is 0.0115. The standard InChI is InChI=1S/C26H33FN4O2/c1-29(15-13-24-4-2-3-14-28-24)26(33)31-18-11-21(12-19-31)20-9-16-30(17-10-20)25(32)22-5-7-23(27)8-6-22/h2-8,14,20-21H,9-13,15-19H2,1H3. The molecule has 6 nitrogen and oxygen atoms in total. The van der Waals surface area contributed by atoms with Crippen molar-refractivity contribution in [1.29, 1.82) is 0 Å². The molecule has 2 aromatic rings. The molecule has 1 aromatic heterocycles. The first kappa shape index (κ1) is 23.2. The van der Waals surface area contributed by atoms with Gasteiger partial charge >= 0.3 is 6.03 Å². The average molecular weight is 453 g/mol. The van der Waals surface area contributed by atoms with Gasteiger partial charge in [-0.2, -0.15) is 0 Å². The number of carbonyl (C=O) groups is 2. The number of carbonyl (C=O) groups excluding carboxylic acids is 2. The molecule has 2 aliphatic rings. The molecule has 176 valence electrons. The lowest BCUT2D eigenvalue weighted by Crippen LogP contribution is -2.47. The van der Waals surface area contributed by atoms with Crippen LogP contribution in [0, 0.1) is 17.7 Å². The van der Waals surface area contributed by atoms with E-state index in [9.17, 15) is 14.0 Å². The maximum Gasteiger partial charge on any atom is 0.319 e. The highest BCUT2D eigenvalue weighted by atomic mass is 19.1. The monoisotopic (exact) mass is 452 g/mol. The van der Waals surface area contributed by atoms with Gasteiger partial charge in [0, 0.05) is 63.6 Å². The van der Waals surface area contributed by atoms with E-state index in [1.807, 2.05) is 35.0 Å². The minimum atomic E-state index is -0.325. The zero-order chi connectivity index (χ0) is 23.2. The first-order valence-electron chi connectivity index (χ1n) is 12.0. The molecule has 0 spiro atoms. The van der Waals surface area contributed by atoms with Gasteiger partial charge in [-0.1, -0.05) is 6.07 Å². The summed E-state index contributed by atoms with van der Waals surface area (Å²) in [6, 6.07) is 11.8. The van der Waals surface area contributed by atoms with Crippen LogP contribution in [0.1, 0.15) is 41.7 Å². The third-order valence-corrected chi connectivity index (χ3v) is 7.15. The predicted molar refractivity (Wildman–Crippen MR) is 125 cm³/mol. The van der Waals surface area contributed by atoms with E-state index >= 15 is 0 Å². The number of rotatable bonds is 5. The van der Waals surface area contributed by atoms with Crippen LogP contribution in [0.5, 0.6) is 0 Å². The van der Waals surface area contributed by atoms with Crippen molar-refractivity contribution in [3.05, 3.63) is 65.7 Å². The summed E-state index contributed by atoms with van der Waals surface area (Å²) in [5, 5.41) is 0. The van der Waals surface area contributed by atoms with Crippen LogP contribution < -0.4 is 0 Å². The second-order valence-corrected chi connectivity index (χ2v) is 9.24. The largest absolute Gasteiger partial charge is 0.339 e. The van der Waals surface area contributed by atoms with Gasteiger partial charge in [0.25, 0.3) is 5.91 Å². The molecule has 0 bridgehead atoms. The molecule has 2 aliphatic heterocycles. The minimum Gasteiger partial charge on any atom is -0.339 e. The van der Waals surface area contributed by atoms with E-state index in [1.54, 1.807) is 23.2 Å². The van der Waals surface area contributed by atoms with Crippen LogP contribution in [0.25, 0.3) is 0 Å². The van der Waals surface area contributed by atoms with Crippen LogP contribution in [0.4, 0.5) is 9.18 Å². The molecule has 2 saturated heterocycles. The Morgan fingerprint density at radius 2 is 1.55 bits per heavy atom. The lowest BCUT2D eigenvalue weighted by atomic mass is 9.78. The number of piperidine rings is 2. The molecule has 4 rings (SSSR count). The van der Waals surface area contributed by atoms with Crippen molar-refractivity contribution < 1.29 is 14.0 Å². The molecule has 0 radical (unpaired) electrons. The average Bonchev–Trinajstić information content (AvgIpc) is 2.87. The van der Waals surface area contributed by atoms with Crippen LogP contribution in [-0.2, 0) is 6.42 Å². The SMILES string of the molecule is CN(CCc1ccccn1)C(=O)N1CCC(C2CCN(C(=O)c3ccc(F)cc3)CC2)CC1. The third-order valence-electron chi connectivity index (χ3n) is 7.15. The van der Waals surface area contributed by atoms with E-state index in [4.69, 9.17) is 0 Å². The number of hydrogen-bond acceptors (Lipinski definition) is 3. The van der Waals surface area contributed by atoms with Crippen molar-refractivity contribution in [1.82, 2.24) is 19.7 Å². The van der Waals surface area contributed by atoms with E-state index in [2.05, 4.69) is 4.98 Å². The normalized spacial score (nSPS) is 17.8. The lowest BCUT2D eigenvalue weighted by Gasteiger charge is -2.41. The Hall–Kier alpha value is -2.96. The van der Waals surface area contributed by atoms with Gasteiger partial charge in [-0.3, -0.25) is 9.78 Å². The number of nitrogens with zero attached hydrogens (tertiary/aromatic N) is 4. The molecule has 2 fully saturated rings. The van der Waals surface area contributed by atoms with Crippen LogP contribution in [-0.4, -0.2) is 71.4 Å². The second kappa shape index (κ2) is 10.8. The molecule has 33 heavy (non-hydrogen) atoms. The number of amides is 3. The predicted octanol–water partition coefficient (Wildman–Crippen LogP) is 4.08. The number of likely N-dealkylation sites (N-methyl/N-ethyl adjacent to an activating group) is 1. The van der Waals surface area contributed by atoms with Crippen LogP contribution in [0.2, 0.25) is 0 Å². The summed E-state index contributed by atoms with van der Waals surface area (Å²) >= 11 is 0. The third kappa shape index (κ3) is 5.89. The van der Waals surface area contributed by atoms with E-state index in [0.29, 0.717) is 23.9 Å². The second-order valence-electron chi connectivity index (χ2n) is 9.24. The number of pyridine rings is 1. The first-order chi connectivity index (χ1) is 16.0. The summed E-state index contributed by atoms with van der Waals surface area (Å²) in [6.45, 7) is 3.75. The quantitative estimate of drug-likeness (QED) is 0.687. The molecule has 3 heterocycles. The summed E-state index contributed by atoms with van der Waals surface area (Å²) < 4.78 is 13.1. The van der Waals surface area contributed by atoms with Crippen molar-refractivity contribution in [3.63, 3.8) is 0 Å². The lowest BCUT2D eigenvalue weighted by molar-refractivity contribution is 0.0607. The van der Waals surface area contributed by atoms with E-state index in [-0.39, 0.29) is 17.8 Å². The Bertz CT molecular complexity index is 921. The summed E-state index contributed by atoms with van der Waals surface area (Å²) in [7, 11) is 1.87. The van der Waals surface area contributed by atoms with Gasteiger partial charge in [0.05, 0.1) is 0 Å². The van der Waals surface area contributed by atoms with Crippen molar-refractivity contribution in [2.45, 2.75) is 32.1 Å². The maximum absolute atomic E-state index is 13.1. The van der Waals surface area contributed by atoms with Gasteiger partial charge in [-0.05, 0) is 73.9 Å². The molecule has 7 heteroatoms. The molecular weight excluding hydrogens is 419 g/mol. The molecule has 0 unspecified atom stereocenters. The highest BCUT2D eigenvalue weighted by Crippen LogP contribution is 2.33. The Morgan fingerprint density at radius 3 is 2.12 bits per heavy atom. The van der Waals surface area contributed by atoms with Crippen LogP contribution in [0.3, 0.4) is 0 Å². The van der Waals surface area contributed by atoms with Crippen LogP contribution in [0.15, 0.2) is 48.7 Å². The zero-order valence-electron chi connectivity index (χ0n) is 19.3. The fourth-order valence-electron chi connectivity index (χ4n) is 5.08. The molecule has 0 aliphatic carbocycles. The Morgan fingerprint density at radius 1 is 0.939 bits per heavy atom. The van der Waals surface area contributed by atoms with E-state index in [1.165, 1.54) is 12.1 Å². The molecular formula is C26H33FN4O2. The Balaban J connectivity index is 1.19. The van der Waals surface area contributed by atoms with Gasteiger partial charge < -0.3 is 14.7 Å². The molecule has 0 N–H and O–H groups in total. The van der Waals surface area contributed by atoms with Gasteiger partial charge in [0.2, 0.25) is 0 Å². The molecule has 3 amide bonds. The molecule has 0 atom stereocenters. The van der Waals surface area contributed by atoms with Gasteiger partial charge in [0.15, 0.2) is 0 Å². The molecule has 0 saturated carbocycles. The number of benzene rings is 1. The Labute approximate surface area is 195 Å². The number of aromatic nitrogens is 1. The van der Waals surface area contributed by atoms with Crippen molar-refractivity contribution in [3.8, 4) is 0 Å². The summed E-state index contributed by atoms with van der Waals surface area (Å²) in [4.78, 5) is 35.5. The van der Waals surface area contributed by atoms with E-state index < -0.39 is 0 Å². The number of hydrogen-bond donors (Lipinski definition) is 0. The van der Waals surface area contributed by atoms with Crippen molar-refractivity contribution >= 4 is 11.9 Å².